The van der Waals surface area contributed by atoms with Crippen LogP contribution in [0.2, 0.25) is 0 Å². The van der Waals surface area contributed by atoms with E-state index >= 15 is 0 Å². The molecule has 178 valence electrons. The van der Waals surface area contributed by atoms with E-state index < -0.39 is 22.0 Å². The highest BCUT2D eigenvalue weighted by Gasteiger charge is 2.32. The Morgan fingerprint density at radius 2 is 1.67 bits per heavy atom. The van der Waals surface area contributed by atoms with Gasteiger partial charge in [-0.3, -0.25) is 13.9 Å². The van der Waals surface area contributed by atoms with E-state index in [1.165, 1.54) is 6.42 Å². The number of hydrogen-bond donors (Lipinski definition) is 2. The number of aryl methyl sites for hydroxylation is 1. The van der Waals surface area contributed by atoms with E-state index in [1.807, 2.05) is 19.1 Å². The normalized spacial score (nSPS) is 15.5. The minimum absolute atomic E-state index is 0.140. The first-order valence-electron chi connectivity index (χ1n) is 11.5. The minimum atomic E-state index is -3.73. The molecule has 1 unspecified atom stereocenters. The van der Waals surface area contributed by atoms with Crippen molar-refractivity contribution in [3.63, 3.8) is 0 Å². The van der Waals surface area contributed by atoms with Gasteiger partial charge in [0.15, 0.2) is 0 Å². The van der Waals surface area contributed by atoms with Crippen molar-refractivity contribution in [2.24, 2.45) is 0 Å². The predicted octanol–water partition coefficient (Wildman–Crippen LogP) is 4.24. The third-order valence-electron chi connectivity index (χ3n) is 5.99. The van der Waals surface area contributed by atoms with Gasteiger partial charge in [-0.1, -0.05) is 56.0 Å². The molecule has 2 N–H and O–H groups in total. The lowest BCUT2D eigenvalue weighted by Gasteiger charge is -2.30. The van der Waals surface area contributed by atoms with Crippen molar-refractivity contribution >= 4 is 33.2 Å². The average Bonchev–Trinajstić information content (AvgIpc) is 2.78. The molecule has 0 spiro atoms. The zero-order valence-corrected chi connectivity index (χ0v) is 20.3. The number of benzene rings is 2. The highest BCUT2D eigenvalue weighted by Crippen LogP contribution is 2.25. The topological polar surface area (TPSA) is 95.6 Å². The maximum atomic E-state index is 13.3. The lowest BCUT2D eigenvalue weighted by atomic mass is 9.95. The van der Waals surface area contributed by atoms with Crippen LogP contribution in [-0.4, -0.2) is 38.6 Å². The van der Waals surface area contributed by atoms with Gasteiger partial charge in [0.2, 0.25) is 15.9 Å². The number of para-hydroxylation sites is 1. The van der Waals surface area contributed by atoms with Gasteiger partial charge in [0.1, 0.15) is 6.04 Å². The summed E-state index contributed by atoms with van der Waals surface area (Å²) < 4.78 is 26.5. The summed E-state index contributed by atoms with van der Waals surface area (Å²) in [6, 6.07) is 13.0. The van der Waals surface area contributed by atoms with Crippen molar-refractivity contribution in [2.75, 3.05) is 15.9 Å². The summed E-state index contributed by atoms with van der Waals surface area (Å²) in [6.07, 6.45) is 6.66. The number of rotatable bonds is 8. The Balaban J connectivity index is 1.84. The SMILES string of the molecule is CCC(C(=O)Nc1ccccc1C(=O)NC1CCCCC1)N(c1ccc(C)cc1)S(C)(=O)=O. The molecule has 0 aliphatic heterocycles. The largest absolute Gasteiger partial charge is 0.349 e. The van der Waals surface area contributed by atoms with Crippen molar-refractivity contribution in [2.45, 2.75) is 64.5 Å². The molecule has 8 heteroatoms. The summed E-state index contributed by atoms with van der Waals surface area (Å²) in [5.74, 6) is -0.717. The van der Waals surface area contributed by atoms with Crippen molar-refractivity contribution in [1.82, 2.24) is 5.32 Å². The molecule has 0 bridgehead atoms. The molecule has 3 rings (SSSR count). The van der Waals surface area contributed by atoms with Crippen LogP contribution in [0, 0.1) is 6.92 Å². The van der Waals surface area contributed by atoms with Gasteiger partial charge in [0, 0.05) is 6.04 Å². The Morgan fingerprint density at radius 1 is 1.03 bits per heavy atom. The second-order valence-electron chi connectivity index (χ2n) is 8.66. The highest BCUT2D eigenvalue weighted by atomic mass is 32.2. The fourth-order valence-corrected chi connectivity index (χ4v) is 5.48. The van der Waals surface area contributed by atoms with Gasteiger partial charge in [0.25, 0.3) is 5.91 Å². The highest BCUT2D eigenvalue weighted by molar-refractivity contribution is 7.92. The van der Waals surface area contributed by atoms with E-state index in [1.54, 1.807) is 43.3 Å². The smallest absolute Gasteiger partial charge is 0.253 e. The number of carbonyl (C=O) groups is 2. The third-order valence-corrected chi connectivity index (χ3v) is 7.17. The minimum Gasteiger partial charge on any atom is -0.349 e. The predicted molar refractivity (Wildman–Crippen MR) is 132 cm³/mol. The van der Waals surface area contributed by atoms with E-state index in [0.717, 1.165) is 41.8 Å². The van der Waals surface area contributed by atoms with E-state index in [2.05, 4.69) is 10.6 Å². The number of anilines is 2. The van der Waals surface area contributed by atoms with Crippen LogP contribution in [0.5, 0.6) is 0 Å². The monoisotopic (exact) mass is 471 g/mol. The van der Waals surface area contributed by atoms with Gasteiger partial charge < -0.3 is 10.6 Å². The van der Waals surface area contributed by atoms with E-state index in [4.69, 9.17) is 0 Å². The number of nitrogens with zero attached hydrogens (tertiary/aromatic N) is 1. The molecule has 2 aromatic rings. The first-order chi connectivity index (χ1) is 15.7. The van der Waals surface area contributed by atoms with Gasteiger partial charge in [-0.05, 0) is 50.5 Å². The molecule has 0 saturated heterocycles. The van der Waals surface area contributed by atoms with Crippen LogP contribution in [0.15, 0.2) is 48.5 Å². The van der Waals surface area contributed by atoms with E-state index in [9.17, 15) is 18.0 Å². The quantitative estimate of drug-likeness (QED) is 0.602. The van der Waals surface area contributed by atoms with Crippen LogP contribution in [0.25, 0.3) is 0 Å². The molecule has 0 heterocycles. The summed E-state index contributed by atoms with van der Waals surface area (Å²) in [7, 11) is -3.73. The average molecular weight is 472 g/mol. The zero-order valence-electron chi connectivity index (χ0n) is 19.5. The molecule has 33 heavy (non-hydrogen) atoms. The number of carbonyl (C=O) groups excluding carboxylic acids is 2. The Morgan fingerprint density at radius 3 is 2.27 bits per heavy atom. The summed E-state index contributed by atoms with van der Waals surface area (Å²) in [6.45, 7) is 3.67. The van der Waals surface area contributed by atoms with Gasteiger partial charge in [-0.25, -0.2) is 8.42 Å². The summed E-state index contributed by atoms with van der Waals surface area (Å²) >= 11 is 0. The maximum Gasteiger partial charge on any atom is 0.253 e. The van der Waals surface area contributed by atoms with Crippen molar-refractivity contribution in [3.8, 4) is 0 Å². The second-order valence-corrected chi connectivity index (χ2v) is 10.5. The van der Waals surface area contributed by atoms with Gasteiger partial charge in [0.05, 0.1) is 23.2 Å². The van der Waals surface area contributed by atoms with E-state index in [0.29, 0.717) is 16.9 Å². The van der Waals surface area contributed by atoms with Gasteiger partial charge >= 0.3 is 0 Å². The molecule has 1 aliphatic carbocycles. The Labute approximate surface area is 196 Å². The molecule has 0 radical (unpaired) electrons. The lowest BCUT2D eigenvalue weighted by molar-refractivity contribution is -0.117. The van der Waals surface area contributed by atoms with Crippen LogP contribution in [-0.2, 0) is 14.8 Å². The molecule has 1 saturated carbocycles. The second kappa shape index (κ2) is 10.8. The molecule has 2 aromatic carbocycles. The van der Waals surface area contributed by atoms with Crippen molar-refractivity contribution in [1.29, 1.82) is 0 Å². The first kappa shape index (κ1) is 24.8. The molecule has 1 fully saturated rings. The lowest BCUT2D eigenvalue weighted by Crippen LogP contribution is -2.47. The van der Waals surface area contributed by atoms with Crippen LogP contribution in [0.4, 0.5) is 11.4 Å². The van der Waals surface area contributed by atoms with Crippen LogP contribution in [0.1, 0.15) is 61.4 Å². The fourth-order valence-electron chi connectivity index (χ4n) is 4.27. The molecule has 1 atom stereocenters. The summed E-state index contributed by atoms with van der Waals surface area (Å²) in [5.41, 5.74) is 2.15. The summed E-state index contributed by atoms with van der Waals surface area (Å²) in [4.78, 5) is 26.2. The molecule has 0 aromatic heterocycles. The molecular formula is C25H33N3O4S. The standard InChI is InChI=1S/C25H33N3O4S/c1-4-23(28(33(3,31)32)20-16-14-18(2)15-17-20)25(30)27-22-13-9-8-12-21(22)24(29)26-19-10-6-5-7-11-19/h8-9,12-17,19,23H,4-7,10-11H2,1-3H3,(H,26,29)(H,27,30). The number of nitrogens with one attached hydrogen (secondary N) is 2. The number of sulfonamides is 1. The van der Waals surface area contributed by atoms with Crippen LogP contribution >= 0.6 is 0 Å². The Bertz CT molecular complexity index is 1080. The number of amides is 2. The fraction of sp³-hybridized carbons (Fsp3) is 0.440. The van der Waals surface area contributed by atoms with Crippen LogP contribution in [0.3, 0.4) is 0 Å². The first-order valence-corrected chi connectivity index (χ1v) is 13.3. The Hall–Kier alpha value is -2.87. The molecule has 2 amide bonds. The van der Waals surface area contributed by atoms with Crippen molar-refractivity contribution in [3.05, 3.63) is 59.7 Å². The van der Waals surface area contributed by atoms with Gasteiger partial charge in [-0.2, -0.15) is 0 Å². The molecule has 7 nitrogen and oxygen atoms in total. The molecule has 1 aliphatic rings. The number of hydrogen-bond acceptors (Lipinski definition) is 4. The van der Waals surface area contributed by atoms with Crippen molar-refractivity contribution < 1.29 is 18.0 Å². The van der Waals surface area contributed by atoms with Crippen LogP contribution < -0.4 is 14.9 Å². The summed E-state index contributed by atoms with van der Waals surface area (Å²) in [5, 5.41) is 5.88. The Kier molecular flexibility index (Phi) is 8.13. The third kappa shape index (κ3) is 6.35. The van der Waals surface area contributed by atoms with E-state index in [-0.39, 0.29) is 18.4 Å². The van der Waals surface area contributed by atoms with Gasteiger partial charge in [-0.15, -0.1) is 0 Å². The molecular weight excluding hydrogens is 438 g/mol. The zero-order chi connectivity index (χ0) is 24.0. The maximum absolute atomic E-state index is 13.3.